The Balaban J connectivity index is 1.59. The maximum absolute atomic E-state index is 12.4. The number of nitrogens with one attached hydrogen (secondary N) is 2. The Labute approximate surface area is 185 Å². The number of imidazole rings is 1. The lowest BCUT2D eigenvalue weighted by Crippen LogP contribution is -2.28. The molecule has 0 aliphatic heterocycles. The first-order chi connectivity index (χ1) is 15.0. The molecular weight excluding hydrogens is 412 g/mol. The number of hydrogen-bond donors (Lipinski definition) is 3. The molecule has 0 aliphatic carbocycles. The fraction of sp³-hybridized carbons (Fsp3) is 0.261. The number of anilines is 1. The molecule has 31 heavy (non-hydrogen) atoms. The lowest BCUT2D eigenvalue weighted by atomic mass is 10.1. The summed E-state index contributed by atoms with van der Waals surface area (Å²) in [5.41, 5.74) is 4.36. The minimum absolute atomic E-state index is 0.0175. The van der Waals surface area contributed by atoms with Crippen LogP contribution in [0.25, 0.3) is 0 Å². The van der Waals surface area contributed by atoms with Crippen molar-refractivity contribution in [3.8, 4) is 0 Å². The maximum atomic E-state index is 12.4. The van der Waals surface area contributed by atoms with Crippen LogP contribution < -0.4 is 10.6 Å². The van der Waals surface area contributed by atoms with Gasteiger partial charge in [-0.15, -0.1) is 0 Å². The molecule has 0 aliphatic rings. The standard InChI is InChI=1S/C23H26N4O3S/c1-16-8-9-17(2)20(10-16)26-22(30)15-31-23-25-12-19(14-28)27(23)13-21(29)24-11-18-6-4-3-5-7-18/h3-10,12,28H,11,13-15H2,1-2H3,(H,24,29)(H,26,30). The first-order valence-corrected chi connectivity index (χ1v) is 10.9. The third kappa shape index (κ3) is 6.44. The average molecular weight is 439 g/mol. The van der Waals surface area contributed by atoms with Gasteiger partial charge in [0.1, 0.15) is 6.54 Å². The van der Waals surface area contributed by atoms with Crippen LogP contribution in [0.5, 0.6) is 0 Å². The molecular formula is C23H26N4O3S. The van der Waals surface area contributed by atoms with Crippen molar-refractivity contribution in [1.29, 1.82) is 0 Å². The maximum Gasteiger partial charge on any atom is 0.240 e. The molecule has 162 valence electrons. The summed E-state index contributed by atoms with van der Waals surface area (Å²) < 4.78 is 1.64. The molecule has 1 heterocycles. The Kier molecular flexibility index (Phi) is 7.86. The first kappa shape index (κ1) is 22.6. The number of carbonyl (C=O) groups excluding carboxylic acids is 2. The zero-order valence-electron chi connectivity index (χ0n) is 17.6. The van der Waals surface area contributed by atoms with Crippen molar-refractivity contribution in [3.05, 3.63) is 77.1 Å². The second-order valence-electron chi connectivity index (χ2n) is 7.19. The van der Waals surface area contributed by atoms with Crippen LogP contribution >= 0.6 is 11.8 Å². The minimum atomic E-state index is -0.242. The van der Waals surface area contributed by atoms with E-state index in [4.69, 9.17) is 0 Å². The minimum Gasteiger partial charge on any atom is -0.390 e. The van der Waals surface area contributed by atoms with Gasteiger partial charge >= 0.3 is 0 Å². The van der Waals surface area contributed by atoms with Crippen LogP contribution in [0.2, 0.25) is 0 Å². The first-order valence-electron chi connectivity index (χ1n) is 9.92. The van der Waals surface area contributed by atoms with Gasteiger partial charge in [-0.05, 0) is 36.6 Å². The number of benzene rings is 2. The van der Waals surface area contributed by atoms with Crippen LogP contribution in [-0.4, -0.2) is 32.2 Å². The van der Waals surface area contributed by atoms with Gasteiger partial charge in [-0.3, -0.25) is 9.59 Å². The average Bonchev–Trinajstić information content (AvgIpc) is 3.15. The molecule has 1 aromatic heterocycles. The van der Waals surface area contributed by atoms with E-state index in [1.54, 1.807) is 4.57 Å². The topological polar surface area (TPSA) is 96.2 Å². The van der Waals surface area contributed by atoms with Crippen LogP contribution in [0.3, 0.4) is 0 Å². The number of rotatable bonds is 9. The monoisotopic (exact) mass is 438 g/mol. The van der Waals surface area contributed by atoms with Crippen LogP contribution in [0.4, 0.5) is 5.69 Å². The third-order valence-electron chi connectivity index (χ3n) is 4.70. The van der Waals surface area contributed by atoms with Gasteiger partial charge in [0, 0.05) is 12.2 Å². The summed E-state index contributed by atoms with van der Waals surface area (Å²) in [5, 5.41) is 15.9. The molecule has 0 spiro atoms. The number of hydrogen-bond acceptors (Lipinski definition) is 5. The summed E-state index contributed by atoms with van der Waals surface area (Å²) in [6.07, 6.45) is 1.52. The van der Waals surface area contributed by atoms with E-state index in [1.807, 2.05) is 62.4 Å². The SMILES string of the molecule is Cc1ccc(C)c(NC(=O)CSc2ncc(CO)n2CC(=O)NCc2ccccc2)c1. The number of aryl methyl sites for hydroxylation is 2. The molecule has 2 amide bonds. The molecule has 3 aromatic rings. The lowest BCUT2D eigenvalue weighted by Gasteiger charge is -2.12. The summed E-state index contributed by atoms with van der Waals surface area (Å²) in [7, 11) is 0. The Hall–Kier alpha value is -3.10. The van der Waals surface area contributed by atoms with E-state index in [2.05, 4.69) is 15.6 Å². The number of amides is 2. The molecule has 2 aromatic carbocycles. The third-order valence-corrected chi connectivity index (χ3v) is 5.69. The molecule has 0 atom stereocenters. The highest BCUT2D eigenvalue weighted by Crippen LogP contribution is 2.21. The van der Waals surface area contributed by atoms with Crippen molar-refractivity contribution in [2.45, 2.75) is 38.7 Å². The predicted molar refractivity (Wildman–Crippen MR) is 122 cm³/mol. The van der Waals surface area contributed by atoms with Gasteiger partial charge in [-0.25, -0.2) is 4.98 Å². The van der Waals surface area contributed by atoms with Crippen molar-refractivity contribution in [3.63, 3.8) is 0 Å². The van der Waals surface area contributed by atoms with Gasteiger partial charge in [0.25, 0.3) is 0 Å². The number of thioether (sulfide) groups is 1. The summed E-state index contributed by atoms with van der Waals surface area (Å²) >= 11 is 1.23. The molecule has 8 heteroatoms. The Morgan fingerprint density at radius 3 is 2.61 bits per heavy atom. The fourth-order valence-electron chi connectivity index (χ4n) is 2.99. The number of aliphatic hydroxyl groups is 1. The van der Waals surface area contributed by atoms with Crippen LogP contribution in [0, 0.1) is 13.8 Å². The lowest BCUT2D eigenvalue weighted by molar-refractivity contribution is -0.122. The van der Waals surface area contributed by atoms with Gasteiger partial charge in [0.05, 0.1) is 24.3 Å². The zero-order chi connectivity index (χ0) is 22.2. The zero-order valence-corrected chi connectivity index (χ0v) is 18.4. The van der Waals surface area contributed by atoms with Gasteiger partial charge in [0.2, 0.25) is 11.8 Å². The second-order valence-corrected chi connectivity index (χ2v) is 8.14. The van der Waals surface area contributed by atoms with E-state index >= 15 is 0 Å². The largest absolute Gasteiger partial charge is 0.390 e. The number of aliphatic hydroxyl groups excluding tert-OH is 1. The van der Waals surface area contributed by atoms with Gasteiger partial charge in [-0.2, -0.15) is 0 Å². The molecule has 0 unspecified atom stereocenters. The van der Waals surface area contributed by atoms with E-state index in [-0.39, 0.29) is 30.7 Å². The quantitative estimate of drug-likeness (QED) is 0.446. The van der Waals surface area contributed by atoms with Crippen LogP contribution in [-0.2, 0) is 29.3 Å². The van der Waals surface area contributed by atoms with E-state index in [0.29, 0.717) is 17.4 Å². The van der Waals surface area contributed by atoms with Crippen molar-refractivity contribution in [1.82, 2.24) is 14.9 Å². The summed E-state index contributed by atoms with van der Waals surface area (Å²) in [6.45, 7) is 4.11. The molecule has 0 saturated carbocycles. The molecule has 0 fully saturated rings. The number of nitrogens with zero attached hydrogens (tertiary/aromatic N) is 2. The van der Waals surface area contributed by atoms with Crippen molar-refractivity contribution >= 4 is 29.3 Å². The van der Waals surface area contributed by atoms with Crippen molar-refractivity contribution in [2.75, 3.05) is 11.1 Å². The molecule has 7 nitrogen and oxygen atoms in total. The van der Waals surface area contributed by atoms with Crippen molar-refractivity contribution < 1.29 is 14.7 Å². The molecule has 3 N–H and O–H groups in total. The fourth-order valence-corrected chi connectivity index (χ4v) is 3.78. The highest BCUT2D eigenvalue weighted by molar-refractivity contribution is 7.99. The Morgan fingerprint density at radius 1 is 1.10 bits per heavy atom. The number of aromatic nitrogens is 2. The number of carbonyl (C=O) groups is 2. The van der Waals surface area contributed by atoms with Crippen LogP contribution in [0.15, 0.2) is 59.9 Å². The highest BCUT2D eigenvalue weighted by atomic mass is 32.2. The summed E-state index contributed by atoms with van der Waals surface area (Å²) in [5.74, 6) is -0.216. The van der Waals surface area contributed by atoms with E-state index in [1.165, 1.54) is 18.0 Å². The van der Waals surface area contributed by atoms with Gasteiger partial charge in [-0.1, -0.05) is 54.2 Å². The normalized spacial score (nSPS) is 10.7. The Morgan fingerprint density at radius 2 is 1.87 bits per heavy atom. The predicted octanol–water partition coefficient (Wildman–Crippen LogP) is 3.04. The molecule has 3 rings (SSSR count). The molecule has 0 bridgehead atoms. The molecule has 0 radical (unpaired) electrons. The van der Waals surface area contributed by atoms with E-state index < -0.39 is 0 Å². The van der Waals surface area contributed by atoms with Gasteiger partial charge < -0.3 is 20.3 Å². The highest BCUT2D eigenvalue weighted by Gasteiger charge is 2.15. The van der Waals surface area contributed by atoms with E-state index in [9.17, 15) is 14.7 Å². The smallest absolute Gasteiger partial charge is 0.240 e. The summed E-state index contributed by atoms with van der Waals surface area (Å²) in [6, 6.07) is 15.5. The van der Waals surface area contributed by atoms with Crippen LogP contribution in [0.1, 0.15) is 22.4 Å². The Bertz CT molecular complexity index is 1050. The van der Waals surface area contributed by atoms with Gasteiger partial charge in [0.15, 0.2) is 5.16 Å². The molecule has 0 saturated heterocycles. The van der Waals surface area contributed by atoms with Crippen molar-refractivity contribution in [2.24, 2.45) is 0 Å². The van der Waals surface area contributed by atoms with E-state index in [0.717, 1.165) is 22.4 Å². The second kappa shape index (κ2) is 10.8. The summed E-state index contributed by atoms with van der Waals surface area (Å²) in [4.78, 5) is 29.1.